The molecule has 1 aromatic rings. The van der Waals surface area contributed by atoms with E-state index in [4.69, 9.17) is 40.2 Å². The number of hydrogen-bond acceptors (Lipinski definition) is 4. The highest BCUT2D eigenvalue weighted by molar-refractivity contribution is 8.26. The van der Waals surface area contributed by atoms with Crippen molar-refractivity contribution in [3.8, 4) is 5.75 Å². The van der Waals surface area contributed by atoms with Gasteiger partial charge in [0.2, 0.25) is 0 Å². The van der Waals surface area contributed by atoms with Crippen LogP contribution in [-0.2, 0) is 4.79 Å². The van der Waals surface area contributed by atoms with Crippen molar-refractivity contribution >= 4 is 63.5 Å². The van der Waals surface area contributed by atoms with E-state index in [9.17, 15) is 4.79 Å². The maximum atomic E-state index is 12.1. The van der Waals surface area contributed by atoms with E-state index in [2.05, 4.69) is 0 Å². The van der Waals surface area contributed by atoms with Gasteiger partial charge in [0.05, 0.1) is 22.1 Å². The zero-order valence-corrected chi connectivity index (χ0v) is 13.9. The van der Waals surface area contributed by atoms with Gasteiger partial charge in [0.25, 0.3) is 5.91 Å². The Morgan fingerprint density at radius 2 is 2.00 bits per heavy atom. The number of thioether (sulfide) groups is 1. The van der Waals surface area contributed by atoms with Crippen LogP contribution in [0.5, 0.6) is 5.75 Å². The average Bonchev–Trinajstić information content (AvgIpc) is 2.63. The first kappa shape index (κ1) is 15.6. The van der Waals surface area contributed by atoms with Crippen LogP contribution in [0.2, 0.25) is 10.0 Å². The molecule has 1 aliphatic heterocycles. The number of amides is 1. The van der Waals surface area contributed by atoms with Gasteiger partial charge in [-0.2, -0.15) is 0 Å². The molecule has 1 amide bonds. The van der Waals surface area contributed by atoms with Crippen LogP contribution in [0, 0.1) is 0 Å². The summed E-state index contributed by atoms with van der Waals surface area (Å²) in [6.07, 6.45) is 1.73. The average molecular weight is 348 g/mol. The van der Waals surface area contributed by atoms with Crippen molar-refractivity contribution in [1.82, 2.24) is 4.90 Å². The fourth-order valence-electron chi connectivity index (χ4n) is 1.78. The van der Waals surface area contributed by atoms with Crippen molar-refractivity contribution in [2.24, 2.45) is 0 Å². The molecule has 3 nitrogen and oxygen atoms in total. The number of carbonyl (C=O) groups is 1. The van der Waals surface area contributed by atoms with Crippen LogP contribution < -0.4 is 4.74 Å². The van der Waals surface area contributed by atoms with Crippen LogP contribution in [0.15, 0.2) is 17.0 Å². The molecular weight excluding hydrogens is 337 g/mol. The lowest BCUT2D eigenvalue weighted by atomic mass is 10.2. The SMILES string of the molecule is CCN1C(=O)/C(=C/c2cc(Cl)c(OC)c(Cl)c2)SC1=S. The standard InChI is InChI=1S/C13H11Cl2NO2S2/c1-3-16-12(17)10(20-13(16)19)6-7-4-8(14)11(18-2)9(15)5-7/h4-6H,3H2,1-2H3/b10-6-. The Labute approximate surface area is 136 Å². The highest BCUT2D eigenvalue weighted by atomic mass is 35.5. The first-order valence-electron chi connectivity index (χ1n) is 5.76. The van der Waals surface area contributed by atoms with E-state index in [1.807, 2.05) is 6.92 Å². The highest BCUT2D eigenvalue weighted by Crippen LogP contribution is 2.37. The molecule has 0 unspecified atom stereocenters. The fourth-order valence-corrected chi connectivity index (χ4v) is 3.82. The van der Waals surface area contributed by atoms with Gasteiger partial charge in [-0.3, -0.25) is 9.69 Å². The fraction of sp³-hybridized carbons (Fsp3) is 0.231. The zero-order chi connectivity index (χ0) is 14.9. The second-order valence-electron chi connectivity index (χ2n) is 3.94. The second kappa shape index (κ2) is 6.35. The number of nitrogens with zero attached hydrogens (tertiary/aromatic N) is 1. The van der Waals surface area contributed by atoms with Crippen molar-refractivity contribution < 1.29 is 9.53 Å². The molecule has 1 aliphatic rings. The lowest BCUT2D eigenvalue weighted by molar-refractivity contribution is -0.121. The number of thiocarbonyl (C=S) groups is 1. The first-order chi connectivity index (χ1) is 9.47. The summed E-state index contributed by atoms with van der Waals surface area (Å²) in [6, 6.07) is 3.40. The van der Waals surface area contributed by atoms with Crippen LogP contribution in [0.3, 0.4) is 0 Å². The molecule has 1 fully saturated rings. The van der Waals surface area contributed by atoms with Gasteiger partial charge in [-0.1, -0.05) is 47.2 Å². The Bertz CT molecular complexity index is 593. The van der Waals surface area contributed by atoms with Crippen LogP contribution in [0.4, 0.5) is 0 Å². The molecule has 0 bridgehead atoms. The second-order valence-corrected chi connectivity index (χ2v) is 6.43. The van der Waals surface area contributed by atoms with E-state index in [-0.39, 0.29) is 5.91 Å². The molecule has 106 valence electrons. The van der Waals surface area contributed by atoms with Crippen LogP contribution in [0.25, 0.3) is 6.08 Å². The summed E-state index contributed by atoms with van der Waals surface area (Å²) < 4.78 is 5.65. The van der Waals surface area contributed by atoms with Gasteiger partial charge in [-0.05, 0) is 30.7 Å². The Morgan fingerprint density at radius 1 is 1.40 bits per heavy atom. The van der Waals surface area contributed by atoms with Gasteiger partial charge in [0.1, 0.15) is 4.32 Å². The van der Waals surface area contributed by atoms with E-state index in [0.717, 1.165) is 5.56 Å². The number of likely N-dealkylation sites (N-methyl/N-ethyl adjacent to an activating group) is 1. The highest BCUT2D eigenvalue weighted by Gasteiger charge is 2.30. The molecule has 2 rings (SSSR count). The maximum Gasteiger partial charge on any atom is 0.266 e. The topological polar surface area (TPSA) is 29.5 Å². The molecule has 0 radical (unpaired) electrons. The minimum absolute atomic E-state index is 0.0921. The third-order valence-corrected chi connectivity index (χ3v) is 4.65. The third-order valence-electron chi connectivity index (χ3n) is 2.71. The van der Waals surface area contributed by atoms with Crippen LogP contribution >= 0.6 is 47.2 Å². The van der Waals surface area contributed by atoms with Gasteiger partial charge in [0.15, 0.2) is 5.75 Å². The van der Waals surface area contributed by atoms with E-state index in [1.165, 1.54) is 18.9 Å². The summed E-state index contributed by atoms with van der Waals surface area (Å²) in [5.41, 5.74) is 0.734. The van der Waals surface area contributed by atoms with Crippen molar-refractivity contribution in [3.63, 3.8) is 0 Å². The number of rotatable bonds is 3. The molecule has 1 aromatic carbocycles. The number of benzene rings is 1. The molecule has 0 saturated carbocycles. The minimum atomic E-state index is -0.0921. The van der Waals surface area contributed by atoms with Crippen LogP contribution in [-0.4, -0.2) is 28.8 Å². The van der Waals surface area contributed by atoms with Gasteiger partial charge in [-0.25, -0.2) is 0 Å². The largest absolute Gasteiger partial charge is 0.494 e. The van der Waals surface area contributed by atoms with Crippen LogP contribution in [0.1, 0.15) is 12.5 Å². The molecule has 1 saturated heterocycles. The molecule has 0 aromatic heterocycles. The normalized spacial score (nSPS) is 17.2. The van der Waals surface area contributed by atoms with Crippen molar-refractivity contribution in [1.29, 1.82) is 0 Å². The number of carbonyl (C=O) groups excluding carboxylic acids is 1. The summed E-state index contributed by atoms with van der Waals surface area (Å²) >= 11 is 18.6. The van der Waals surface area contributed by atoms with Gasteiger partial charge in [-0.15, -0.1) is 0 Å². The Hall–Kier alpha value is -0.750. The molecular formula is C13H11Cl2NO2S2. The summed E-state index contributed by atoms with van der Waals surface area (Å²) in [6.45, 7) is 2.45. The predicted molar refractivity (Wildman–Crippen MR) is 88.6 cm³/mol. The first-order valence-corrected chi connectivity index (χ1v) is 7.74. The molecule has 20 heavy (non-hydrogen) atoms. The summed E-state index contributed by atoms with van der Waals surface area (Å²) in [5, 5.41) is 0.800. The quantitative estimate of drug-likeness (QED) is 0.604. The summed E-state index contributed by atoms with van der Waals surface area (Å²) in [5.74, 6) is 0.331. The van der Waals surface area contributed by atoms with E-state index < -0.39 is 0 Å². The molecule has 0 N–H and O–H groups in total. The van der Waals surface area contributed by atoms with Crippen molar-refractivity contribution in [2.75, 3.05) is 13.7 Å². The lowest BCUT2D eigenvalue weighted by Gasteiger charge is -2.09. The number of halogens is 2. The predicted octanol–water partition coefficient (Wildman–Crippen LogP) is 4.22. The van der Waals surface area contributed by atoms with E-state index in [1.54, 1.807) is 23.1 Å². The van der Waals surface area contributed by atoms with Crippen molar-refractivity contribution in [2.45, 2.75) is 6.92 Å². The van der Waals surface area contributed by atoms with E-state index >= 15 is 0 Å². The Kier molecular flexibility index (Phi) is 4.96. The summed E-state index contributed by atoms with van der Waals surface area (Å²) in [7, 11) is 1.50. The molecule has 0 spiro atoms. The molecule has 1 heterocycles. The number of methoxy groups -OCH3 is 1. The van der Waals surface area contributed by atoms with E-state index in [0.29, 0.717) is 31.6 Å². The van der Waals surface area contributed by atoms with Gasteiger partial charge in [0, 0.05) is 6.54 Å². The smallest absolute Gasteiger partial charge is 0.266 e. The Balaban J connectivity index is 2.37. The monoisotopic (exact) mass is 347 g/mol. The minimum Gasteiger partial charge on any atom is -0.494 e. The summed E-state index contributed by atoms with van der Waals surface area (Å²) in [4.78, 5) is 14.2. The number of ether oxygens (including phenoxy) is 1. The lowest BCUT2D eigenvalue weighted by Crippen LogP contribution is -2.27. The third kappa shape index (κ3) is 2.96. The Morgan fingerprint density at radius 3 is 2.45 bits per heavy atom. The maximum absolute atomic E-state index is 12.1. The zero-order valence-electron chi connectivity index (χ0n) is 10.8. The molecule has 0 atom stereocenters. The molecule has 0 aliphatic carbocycles. The van der Waals surface area contributed by atoms with Gasteiger partial charge < -0.3 is 4.74 Å². The number of hydrogen-bond donors (Lipinski definition) is 0. The van der Waals surface area contributed by atoms with Gasteiger partial charge >= 0.3 is 0 Å². The molecule has 7 heteroatoms. The van der Waals surface area contributed by atoms with Crippen molar-refractivity contribution in [3.05, 3.63) is 32.6 Å².